The quantitative estimate of drug-likeness (QED) is 0.700. The average Bonchev–Trinajstić information content (AvgIpc) is 3.19. The van der Waals surface area contributed by atoms with Crippen molar-refractivity contribution in [2.24, 2.45) is 0 Å². The van der Waals surface area contributed by atoms with Crippen molar-refractivity contribution in [2.75, 3.05) is 29.9 Å². The first kappa shape index (κ1) is 15.9. The Labute approximate surface area is 147 Å². The number of imidazole rings is 1. The van der Waals surface area contributed by atoms with Gasteiger partial charge in [0.1, 0.15) is 5.82 Å². The molecule has 1 aliphatic heterocycles. The summed E-state index contributed by atoms with van der Waals surface area (Å²) in [4.78, 5) is 16.0. The predicted octanol–water partition coefficient (Wildman–Crippen LogP) is 3.32. The molecule has 2 aromatic heterocycles. The van der Waals surface area contributed by atoms with Crippen molar-refractivity contribution in [3.63, 3.8) is 0 Å². The zero-order valence-electron chi connectivity index (χ0n) is 14.4. The molecule has 6 heteroatoms. The van der Waals surface area contributed by atoms with Gasteiger partial charge in [-0.15, -0.1) is 0 Å². The van der Waals surface area contributed by atoms with E-state index in [0.717, 1.165) is 55.3 Å². The Morgan fingerprint density at radius 1 is 1.04 bits per heavy atom. The van der Waals surface area contributed by atoms with E-state index in [9.17, 15) is 0 Å². The summed E-state index contributed by atoms with van der Waals surface area (Å²) < 4.78 is 2.09. The van der Waals surface area contributed by atoms with E-state index < -0.39 is 0 Å². The first-order valence-corrected chi connectivity index (χ1v) is 9.11. The lowest BCUT2D eigenvalue weighted by Crippen LogP contribution is -2.30. The van der Waals surface area contributed by atoms with Gasteiger partial charge in [0.05, 0.1) is 11.8 Å². The maximum Gasteiger partial charge on any atom is 0.225 e. The molecule has 1 aromatic carbocycles. The number of hydrogen-bond donors (Lipinski definition) is 1. The molecule has 1 N–H and O–H groups in total. The molecular weight excluding hydrogens is 312 g/mol. The third-order valence-corrected chi connectivity index (χ3v) is 4.67. The Hall–Kier alpha value is -2.63. The van der Waals surface area contributed by atoms with Crippen LogP contribution >= 0.6 is 0 Å². The minimum Gasteiger partial charge on any atom is -0.356 e. The molecule has 25 heavy (non-hydrogen) atoms. The molecule has 6 nitrogen and oxygen atoms in total. The van der Waals surface area contributed by atoms with Crippen LogP contribution in [-0.4, -0.2) is 39.2 Å². The zero-order chi connectivity index (χ0) is 16.9. The second-order valence-electron chi connectivity index (χ2n) is 6.52. The van der Waals surface area contributed by atoms with Gasteiger partial charge in [0, 0.05) is 44.0 Å². The maximum absolute atomic E-state index is 4.84. The van der Waals surface area contributed by atoms with Crippen molar-refractivity contribution >= 4 is 22.7 Å². The molecule has 0 radical (unpaired) electrons. The van der Waals surface area contributed by atoms with Gasteiger partial charge in [0.25, 0.3) is 0 Å². The topological polar surface area (TPSA) is 58.9 Å². The van der Waals surface area contributed by atoms with E-state index in [1.165, 1.54) is 19.3 Å². The third-order valence-electron chi connectivity index (χ3n) is 4.67. The fourth-order valence-electron chi connectivity index (χ4n) is 3.37. The number of benzene rings is 1. The van der Waals surface area contributed by atoms with Crippen LogP contribution in [0.4, 0.5) is 11.8 Å². The molecule has 0 saturated carbocycles. The van der Waals surface area contributed by atoms with Crippen LogP contribution in [0.5, 0.6) is 0 Å². The predicted molar refractivity (Wildman–Crippen MR) is 101 cm³/mol. The molecule has 3 aromatic rings. The maximum atomic E-state index is 4.84. The molecule has 0 bridgehead atoms. The van der Waals surface area contributed by atoms with Gasteiger partial charge in [-0.2, -0.15) is 4.98 Å². The average molecular weight is 336 g/mol. The van der Waals surface area contributed by atoms with E-state index in [1.54, 1.807) is 0 Å². The minimum atomic E-state index is 0.727. The Morgan fingerprint density at radius 3 is 2.76 bits per heavy atom. The van der Waals surface area contributed by atoms with Crippen molar-refractivity contribution < 1.29 is 0 Å². The molecule has 4 rings (SSSR count). The number of rotatable bonds is 6. The zero-order valence-corrected chi connectivity index (χ0v) is 14.4. The lowest BCUT2D eigenvalue weighted by molar-refractivity contribution is 0.574. The number of hydrogen-bond acceptors (Lipinski definition) is 5. The summed E-state index contributed by atoms with van der Waals surface area (Å²) in [6.45, 7) is 3.96. The molecule has 1 aliphatic rings. The normalized spacial score (nSPS) is 14.8. The van der Waals surface area contributed by atoms with E-state index in [4.69, 9.17) is 9.97 Å². The van der Waals surface area contributed by atoms with Gasteiger partial charge < -0.3 is 14.8 Å². The standard InChI is InChI=1S/C19H24N6/c1-4-12-25(13-5-1)18-16-7-2-3-8-17(16)22-19(23-18)21-9-6-11-24-14-10-20-15-24/h2-3,7-8,10,14-15H,1,4-6,9,11-13H2,(H,21,22,23). The summed E-state index contributed by atoms with van der Waals surface area (Å²) in [5, 5.41) is 4.54. The number of nitrogens with one attached hydrogen (secondary N) is 1. The second kappa shape index (κ2) is 7.51. The summed E-state index contributed by atoms with van der Waals surface area (Å²) >= 11 is 0. The monoisotopic (exact) mass is 336 g/mol. The highest BCUT2D eigenvalue weighted by atomic mass is 15.2. The van der Waals surface area contributed by atoms with Crippen LogP contribution in [-0.2, 0) is 6.54 Å². The van der Waals surface area contributed by atoms with Crippen LogP contribution in [0.15, 0.2) is 43.0 Å². The molecule has 0 amide bonds. The SMILES string of the molecule is c1ccc2c(N3CCCCC3)nc(NCCCn3ccnc3)nc2c1. The van der Waals surface area contributed by atoms with Crippen molar-refractivity contribution in [3.05, 3.63) is 43.0 Å². The van der Waals surface area contributed by atoms with Crippen LogP contribution in [0.2, 0.25) is 0 Å². The fraction of sp³-hybridized carbons (Fsp3) is 0.421. The molecular formula is C19H24N6. The summed E-state index contributed by atoms with van der Waals surface area (Å²) in [6.07, 6.45) is 10.5. The highest BCUT2D eigenvalue weighted by molar-refractivity contribution is 5.90. The van der Waals surface area contributed by atoms with Gasteiger partial charge in [0.15, 0.2) is 0 Å². The van der Waals surface area contributed by atoms with Crippen LogP contribution in [0, 0.1) is 0 Å². The third kappa shape index (κ3) is 3.73. The first-order valence-electron chi connectivity index (χ1n) is 9.11. The van der Waals surface area contributed by atoms with Crippen molar-refractivity contribution in [1.82, 2.24) is 19.5 Å². The number of aromatic nitrogens is 4. The number of anilines is 2. The molecule has 3 heterocycles. The Kier molecular flexibility index (Phi) is 4.77. The number of aryl methyl sites for hydroxylation is 1. The molecule has 1 fully saturated rings. The molecule has 130 valence electrons. The van der Waals surface area contributed by atoms with Crippen molar-refractivity contribution in [3.8, 4) is 0 Å². The second-order valence-corrected chi connectivity index (χ2v) is 6.52. The van der Waals surface area contributed by atoms with Gasteiger partial charge in [0.2, 0.25) is 5.95 Å². The van der Waals surface area contributed by atoms with Crippen LogP contribution < -0.4 is 10.2 Å². The Balaban J connectivity index is 1.50. The Bertz CT molecular complexity index is 808. The van der Waals surface area contributed by atoms with Crippen LogP contribution in [0.25, 0.3) is 10.9 Å². The number of piperidine rings is 1. The van der Waals surface area contributed by atoms with Gasteiger partial charge >= 0.3 is 0 Å². The fourth-order valence-corrected chi connectivity index (χ4v) is 3.37. The molecule has 0 atom stereocenters. The van der Waals surface area contributed by atoms with Crippen LogP contribution in [0.3, 0.4) is 0 Å². The van der Waals surface area contributed by atoms with E-state index in [0.29, 0.717) is 0 Å². The van der Waals surface area contributed by atoms with E-state index in [-0.39, 0.29) is 0 Å². The van der Waals surface area contributed by atoms with Gasteiger partial charge in [-0.05, 0) is 37.8 Å². The first-order chi connectivity index (χ1) is 12.4. The summed E-state index contributed by atoms with van der Waals surface area (Å²) in [5.74, 6) is 1.80. The molecule has 0 unspecified atom stereocenters. The van der Waals surface area contributed by atoms with E-state index in [1.807, 2.05) is 24.8 Å². The van der Waals surface area contributed by atoms with E-state index >= 15 is 0 Å². The summed E-state index contributed by atoms with van der Waals surface area (Å²) in [7, 11) is 0. The lowest BCUT2D eigenvalue weighted by Gasteiger charge is -2.29. The lowest BCUT2D eigenvalue weighted by atomic mass is 10.1. The highest BCUT2D eigenvalue weighted by Gasteiger charge is 2.16. The number of fused-ring (bicyclic) bond motifs is 1. The summed E-state index contributed by atoms with van der Waals surface area (Å²) in [6, 6.07) is 8.30. The van der Waals surface area contributed by atoms with E-state index in [2.05, 4.69) is 38.0 Å². The minimum absolute atomic E-state index is 0.727. The van der Waals surface area contributed by atoms with Gasteiger partial charge in [-0.1, -0.05) is 12.1 Å². The molecule has 0 spiro atoms. The van der Waals surface area contributed by atoms with Crippen molar-refractivity contribution in [1.29, 1.82) is 0 Å². The van der Waals surface area contributed by atoms with Gasteiger partial charge in [-0.25, -0.2) is 9.97 Å². The number of nitrogens with zero attached hydrogens (tertiary/aromatic N) is 5. The summed E-state index contributed by atoms with van der Waals surface area (Å²) in [5.41, 5.74) is 1.01. The molecule has 1 saturated heterocycles. The van der Waals surface area contributed by atoms with Crippen LogP contribution in [0.1, 0.15) is 25.7 Å². The largest absolute Gasteiger partial charge is 0.356 e. The Morgan fingerprint density at radius 2 is 1.92 bits per heavy atom. The smallest absolute Gasteiger partial charge is 0.225 e. The van der Waals surface area contributed by atoms with Crippen molar-refractivity contribution in [2.45, 2.75) is 32.2 Å². The molecule has 0 aliphatic carbocycles. The number of para-hydroxylation sites is 1. The highest BCUT2D eigenvalue weighted by Crippen LogP contribution is 2.27. The van der Waals surface area contributed by atoms with Gasteiger partial charge in [-0.3, -0.25) is 0 Å².